The molecule has 0 bridgehead atoms. The number of nitrogens with zero attached hydrogens (tertiary/aromatic N) is 2. The van der Waals surface area contributed by atoms with Crippen LogP contribution in [0, 0.1) is 17.2 Å². The number of nitriles is 1. The Labute approximate surface area is 120 Å². The van der Waals surface area contributed by atoms with E-state index in [1.165, 1.54) is 16.8 Å². The molecule has 0 unspecified atom stereocenters. The SMILES string of the molecule is C[C@@H]1Cc2ccccc2N(Cc2ccccc2)[C@H]1C#N. The Balaban J connectivity index is 1.99. The molecule has 0 N–H and O–H groups in total. The average Bonchev–Trinajstić information content (AvgIpc) is 2.48. The Morgan fingerprint density at radius 1 is 1.10 bits per heavy atom. The molecule has 0 aliphatic carbocycles. The molecular weight excluding hydrogens is 244 g/mol. The van der Waals surface area contributed by atoms with Crippen molar-refractivity contribution in [2.45, 2.75) is 25.9 Å². The van der Waals surface area contributed by atoms with Crippen molar-refractivity contribution >= 4 is 5.69 Å². The normalized spacial score (nSPS) is 21.1. The predicted molar refractivity (Wildman–Crippen MR) is 81.3 cm³/mol. The first kappa shape index (κ1) is 12.7. The molecule has 0 saturated carbocycles. The van der Waals surface area contributed by atoms with Gasteiger partial charge in [0.2, 0.25) is 0 Å². The molecule has 0 fully saturated rings. The van der Waals surface area contributed by atoms with Gasteiger partial charge in [-0.2, -0.15) is 5.26 Å². The average molecular weight is 262 g/mol. The van der Waals surface area contributed by atoms with E-state index < -0.39 is 0 Å². The van der Waals surface area contributed by atoms with Crippen molar-refractivity contribution in [1.29, 1.82) is 5.26 Å². The quantitative estimate of drug-likeness (QED) is 0.823. The second kappa shape index (κ2) is 5.38. The van der Waals surface area contributed by atoms with Crippen molar-refractivity contribution in [3.63, 3.8) is 0 Å². The van der Waals surface area contributed by atoms with Crippen molar-refractivity contribution in [2.75, 3.05) is 4.90 Å². The van der Waals surface area contributed by atoms with Gasteiger partial charge in [0.15, 0.2) is 0 Å². The van der Waals surface area contributed by atoms with Crippen LogP contribution < -0.4 is 4.90 Å². The standard InChI is InChI=1S/C18H18N2/c1-14-11-16-9-5-6-10-17(16)20(18(14)12-19)13-15-7-3-2-4-8-15/h2-10,14,18H,11,13H2,1H3/t14-,18+/m1/s1. The molecule has 20 heavy (non-hydrogen) atoms. The second-order valence-corrected chi connectivity index (χ2v) is 5.50. The van der Waals surface area contributed by atoms with E-state index in [0.717, 1.165) is 13.0 Å². The zero-order chi connectivity index (χ0) is 13.9. The van der Waals surface area contributed by atoms with Crippen LogP contribution in [0.4, 0.5) is 5.69 Å². The zero-order valence-corrected chi connectivity index (χ0v) is 11.7. The molecule has 2 aromatic rings. The highest BCUT2D eigenvalue weighted by Crippen LogP contribution is 2.34. The summed E-state index contributed by atoms with van der Waals surface area (Å²) in [6.07, 6.45) is 0.986. The van der Waals surface area contributed by atoms with E-state index in [9.17, 15) is 5.26 Å². The zero-order valence-electron chi connectivity index (χ0n) is 11.7. The molecular formula is C18H18N2. The highest BCUT2D eigenvalue weighted by atomic mass is 15.2. The third-order valence-electron chi connectivity index (χ3n) is 4.05. The van der Waals surface area contributed by atoms with E-state index in [1.54, 1.807) is 0 Å². The van der Waals surface area contributed by atoms with Gasteiger partial charge in [0.25, 0.3) is 0 Å². The summed E-state index contributed by atoms with van der Waals surface area (Å²) in [4.78, 5) is 2.25. The fraction of sp³-hybridized carbons (Fsp3) is 0.278. The van der Waals surface area contributed by atoms with Gasteiger partial charge < -0.3 is 4.90 Å². The first-order valence-electron chi connectivity index (χ1n) is 7.07. The Morgan fingerprint density at radius 3 is 2.55 bits per heavy atom. The predicted octanol–water partition coefficient (Wildman–Crippen LogP) is 3.78. The van der Waals surface area contributed by atoms with Gasteiger partial charge in [-0.3, -0.25) is 0 Å². The summed E-state index contributed by atoms with van der Waals surface area (Å²) in [6, 6.07) is 21.3. The highest BCUT2D eigenvalue weighted by Gasteiger charge is 2.31. The topological polar surface area (TPSA) is 27.0 Å². The van der Waals surface area contributed by atoms with E-state index in [2.05, 4.69) is 66.4 Å². The van der Waals surface area contributed by atoms with E-state index in [0.29, 0.717) is 5.92 Å². The van der Waals surface area contributed by atoms with Crippen LogP contribution in [0.3, 0.4) is 0 Å². The van der Waals surface area contributed by atoms with E-state index >= 15 is 0 Å². The van der Waals surface area contributed by atoms with Gasteiger partial charge in [-0.1, -0.05) is 55.5 Å². The molecule has 100 valence electrons. The van der Waals surface area contributed by atoms with Gasteiger partial charge >= 0.3 is 0 Å². The highest BCUT2D eigenvalue weighted by molar-refractivity contribution is 5.58. The maximum atomic E-state index is 9.54. The lowest BCUT2D eigenvalue weighted by Gasteiger charge is -2.39. The van der Waals surface area contributed by atoms with Crippen LogP contribution in [-0.4, -0.2) is 6.04 Å². The van der Waals surface area contributed by atoms with Crippen LogP contribution in [0.1, 0.15) is 18.1 Å². The number of para-hydroxylation sites is 1. The monoisotopic (exact) mass is 262 g/mol. The Morgan fingerprint density at radius 2 is 1.80 bits per heavy atom. The summed E-state index contributed by atoms with van der Waals surface area (Å²) in [5, 5.41) is 9.54. The number of hydrogen-bond acceptors (Lipinski definition) is 2. The Bertz CT molecular complexity index is 627. The molecule has 1 aliphatic heterocycles. The van der Waals surface area contributed by atoms with Crippen molar-refractivity contribution in [3.05, 3.63) is 65.7 Å². The van der Waals surface area contributed by atoms with Crippen LogP contribution in [0.5, 0.6) is 0 Å². The summed E-state index contributed by atoms with van der Waals surface area (Å²) in [7, 11) is 0. The van der Waals surface area contributed by atoms with Gasteiger partial charge in [-0.25, -0.2) is 0 Å². The summed E-state index contributed by atoms with van der Waals surface area (Å²) in [6.45, 7) is 2.96. The molecule has 0 aromatic heterocycles. The molecule has 0 saturated heterocycles. The Kier molecular flexibility index (Phi) is 3.43. The molecule has 0 radical (unpaired) electrons. The number of benzene rings is 2. The lowest BCUT2D eigenvalue weighted by atomic mass is 9.87. The number of hydrogen-bond donors (Lipinski definition) is 0. The molecule has 1 heterocycles. The minimum atomic E-state index is -0.0508. The van der Waals surface area contributed by atoms with Crippen LogP contribution >= 0.6 is 0 Å². The maximum Gasteiger partial charge on any atom is 0.120 e. The third-order valence-corrected chi connectivity index (χ3v) is 4.05. The minimum absolute atomic E-state index is 0.0508. The first-order chi connectivity index (χ1) is 9.79. The van der Waals surface area contributed by atoms with E-state index in [4.69, 9.17) is 0 Å². The molecule has 0 spiro atoms. The van der Waals surface area contributed by atoms with Gasteiger partial charge in [0, 0.05) is 12.2 Å². The summed E-state index contributed by atoms with van der Waals surface area (Å²) < 4.78 is 0. The minimum Gasteiger partial charge on any atom is -0.351 e. The van der Waals surface area contributed by atoms with Crippen LogP contribution in [-0.2, 0) is 13.0 Å². The van der Waals surface area contributed by atoms with Gasteiger partial charge in [-0.05, 0) is 29.5 Å². The van der Waals surface area contributed by atoms with Gasteiger partial charge in [-0.15, -0.1) is 0 Å². The molecule has 2 nitrogen and oxygen atoms in total. The second-order valence-electron chi connectivity index (χ2n) is 5.50. The van der Waals surface area contributed by atoms with Crippen LogP contribution in [0.25, 0.3) is 0 Å². The molecule has 0 amide bonds. The lowest BCUT2D eigenvalue weighted by Crippen LogP contribution is -2.43. The van der Waals surface area contributed by atoms with Crippen molar-refractivity contribution < 1.29 is 0 Å². The largest absolute Gasteiger partial charge is 0.351 e. The maximum absolute atomic E-state index is 9.54. The van der Waals surface area contributed by atoms with Gasteiger partial charge in [0.1, 0.15) is 6.04 Å². The lowest BCUT2D eigenvalue weighted by molar-refractivity contribution is 0.463. The smallest absolute Gasteiger partial charge is 0.120 e. The fourth-order valence-corrected chi connectivity index (χ4v) is 3.04. The number of rotatable bonds is 2. The molecule has 3 rings (SSSR count). The van der Waals surface area contributed by atoms with Crippen molar-refractivity contribution in [3.8, 4) is 6.07 Å². The fourth-order valence-electron chi connectivity index (χ4n) is 3.04. The van der Waals surface area contributed by atoms with E-state index in [1.807, 2.05) is 6.07 Å². The third kappa shape index (κ3) is 2.28. The van der Waals surface area contributed by atoms with Crippen LogP contribution in [0.15, 0.2) is 54.6 Å². The van der Waals surface area contributed by atoms with Crippen molar-refractivity contribution in [2.24, 2.45) is 5.92 Å². The molecule has 2 aromatic carbocycles. The number of fused-ring (bicyclic) bond motifs is 1. The summed E-state index contributed by atoms with van der Waals surface area (Å²) in [5.41, 5.74) is 3.81. The van der Waals surface area contributed by atoms with Crippen molar-refractivity contribution in [1.82, 2.24) is 0 Å². The molecule has 2 atom stereocenters. The van der Waals surface area contributed by atoms with E-state index in [-0.39, 0.29) is 6.04 Å². The van der Waals surface area contributed by atoms with Crippen LogP contribution in [0.2, 0.25) is 0 Å². The Hall–Kier alpha value is -2.27. The van der Waals surface area contributed by atoms with Gasteiger partial charge in [0.05, 0.1) is 6.07 Å². The first-order valence-corrected chi connectivity index (χ1v) is 7.07. The molecule has 1 aliphatic rings. The summed E-state index contributed by atoms with van der Waals surface area (Å²) in [5.74, 6) is 0.360. The summed E-state index contributed by atoms with van der Waals surface area (Å²) >= 11 is 0. The molecule has 2 heteroatoms. The number of anilines is 1.